The van der Waals surface area contributed by atoms with Crippen LogP contribution in [-0.2, 0) is 10.2 Å². The van der Waals surface area contributed by atoms with E-state index >= 15 is 0 Å². The van der Waals surface area contributed by atoms with Crippen LogP contribution in [0, 0.1) is 18.6 Å². The molecule has 0 unspecified atom stereocenters. The number of hydrogen-bond acceptors (Lipinski definition) is 1. The Bertz CT molecular complexity index is 690. The molecule has 1 amide bonds. The Hall–Kier alpha value is -2.23. The van der Waals surface area contributed by atoms with Crippen LogP contribution in [0.1, 0.15) is 24.0 Å². The van der Waals surface area contributed by atoms with Gasteiger partial charge in [-0.3, -0.25) is 4.79 Å². The van der Waals surface area contributed by atoms with Crippen LogP contribution in [0.4, 0.5) is 14.5 Å². The van der Waals surface area contributed by atoms with E-state index in [1.54, 1.807) is 0 Å². The van der Waals surface area contributed by atoms with Crippen LogP contribution in [0.2, 0.25) is 0 Å². The first-order valence-electron chi connectivity index (χ1n) is 6.85. The average molecular weight is 287 g/mol. The summed E-state index contributed by atoms with van der Waals surface area (Å²) in [5, 5.41) is 2.68. The molecular weight excluding hydrogens is 272 g/mol. The predicted molar refractivity (Wildman–Crippen MR) is 77.1 cm³/mol. The Kier molecular flexibility index (Phi) is 3.24. The Morgan fingerprint density at radius 3 is 2.29 bits per heavy atom. The lowest BCUT2D eigenvalue weighted by atomic mass is 9.94. The monoisotopic (exact) mass is 287 g/mol. The van der Waals surface area contributed by atoms with Crippen LogP contribution >= 0.6 is 0 Å². The van der Waals surface area contributed by atoms with Gasteiger partial charge in [0, 0.05) is 11.8 Å². The third-order valence-corrected chi connectivity index (χ3v) is 3.97. The normalized spacial score (nSPS) is 15.6. The zero-order valence-electron chi connectivity index (χ0n) is 11.6. The lowest BCUT2D eigenvalue weighted by molar-refractivity contribution is -0.118. The molecule has 21 heavy (non-hydrogen) atoms. The highest BCUT2D eigenvalue weighted by atomic mass is 19.2. The molecule has 2 nitrogen and oxygen atoms in total. The van der Waals surface area contributed by atoms with Crippen LogP contribution in [0.5, 0.6) is 0 Å². The summed E-state index contributed by atoms with van der Waals surface area (Å²) in [5.41, 5.74) is 1.85. The lowest BCUT2D eigenvalue weighted by Crippen LogP contribution is -2.27. The van der Waals surface area contributed by atoms with E-state index in [2.05, 4.69) is 5.32 Å². The molecule has 0 bridgehead atoms. The maximum absolute atomic E-state index is 13.2. The van der Waals surface area contributed by atoms with E-state index in [1.807, 2.05) is 31.2 Å². The molecule has 3 rings (SSSR count). The molecule has 4 heteroatoms. The maximum atomic E-state index is 13.2. The Morgan fingerprint density at radius 2 is 1.71 bits per heavy atom. The molecule has 1 saturated carbocycles. The van der Waals surface area contributed by atoms with Crippen LogP contribution < -0.4 is 5.32 Å². The van der Waals surface area contributed by atoms with Gasteiger partial charge in [-0.05, 0) is 37.5 Å². The molecule has 1 fully saturated rings. The second-order valence-electron chi connectivity index (χ2n) is 5.53. The standard InChI is InChI=1S/C17H15F2NO/c1-11-2-4-12(5-3-11)17(8-9-17)16(21)20-13-6-7-14(18)15(19)10-13/h2-7,10H,8-9H2,1H3,(H,20,21). The van der Waals surface area contributed by atoms with Crippen molar-refractivity contribution in [1.82, 2.24) is 0 Å². The highest BCUT2D eigenvalue weighted by Gasteiger charge is 2.51. The molecule has 0 atom stereocenters. The third kappa shape index (κ3) is 2.53. The van der Waals surface area contributed by atoms with Crippen molar-refractivity contribution in [3.05, 3.63) is 65.2 Å². The minimum absolute atomic E-state index is 0.169. The maximum Gasteiger partial charge on any atom is 0.235 e. The minimum atomic E-state index is -0.965. The number of carbonyl (C=O) groups excluding carboxylic acids is 1. The van der Waals surface area contributed by atoms with Crippen LogP contribution in [0.3, 0.4) is 0 Å². The van der Waals surface area contributed by atoms with Crippen LogP contribution in [0.25, 0.3) is 0 Å². The van der Waals surface area contributed by atoms with Crippen molar-refractivity contribution in [2.24, 2.45) is 0 Å². The van der Waals surface area contributed by atoms with Gasteiger partial charge in [0.15, 0.2) is 11.6 Å². The number of benzene rings is 2. The molecule has 0 heterocycles. The smallest absolute Gasteiger partial charge is 0.235 e. The van der Waals surface area contributed by atoms with Crippen molar-refractivity contribution in [1.29, 1.82) is 0 Å². The summed E-state index contributed by atoms with van der Waals surface area (Å²) < 4.78 is 26.1. The zero-order valence-corrected chi connectivity index (χ0v) is 11.6. The Labute approximate surface area is 121 Å². The fourth-order valence-corrected chi connectivity index (χ4v) is 2.47. The van der Waals surface area contributed by atoms with Gasteiger partial charge in [0.2, 0.25) is 5.91 Å². The highest BCUT2D eigenvalue weighted by molar-refractivity contribution is 6.01. The number of halogens is 2. The molecule has 1 N–H and O–H groups in total. The van der Waals surface area contributed by atoms with Gasteiger partial charge in [-0.2, -0.15) is 0 Å². The first-order chi connectivity index (χ1) is 10.0. The van der Waals surface area contributed by atoms with Gasteiger partial charge in [0.05, 0.1) is 5.41 Å². The largest absolute Gasteiger partial charge is 0.325 e. The first-order valence-corrected chi connectivity index (χ1v) is 6.85. The zero-order chi connectivity index (χ0) is 15.0. The molecule has 2 aromatic rings. The minimum Gasteiger partial charge on any atom is -0.325 e. The number of amides is 1. The summed E-state index contributed by atoms with van der Waals surface area (Å²) in [7, 11) is 0. The van der Waals surface area contributed by atoms with Gasteiger partial charge in [-0.15, -0.1) is 0 Å². The van der Waals surface area contributed by atoms with Crippen molar-refractivity contribution in [3.8, 4) is 0 Å². The number of nitrogens with one attached hydrogen (secondary N) is 1. The second-order valence-corrected chi connectivity index (χ2v) is 5.53. The number of hydrogen-bond donors (Lipinski definition) is 1. The molecule has 1 aliphatic rings. The van der Waals surface area contributed by atoms with E-state index in [-0.39, 0.29) is 11.6 Å². The van der Waals surface area contributed by atoms with Gasteiger partial charge >= 0.3 is 0 Å². The number of carbonyl (C=O) groups is 1. The molecule has 2 aromatic carbocycles. The predicted octanol–water partition coefficient (Wildman–Crippen LogP) is 3.94. The van der Waals surface area contributed by atoms with Gasteiger partial charge < -0.3 is 5.32 Å². The highest BCUT2D eigenvalue weighted by Crippen LogP contribution is 2.49. The summed E-state index contributed by atoms with van der Waals surface area (Å²) >= 11 is 0. The quantitative estimate of drug-likeness (QED) is 0.910. The van der Waals surface area contributed by atoms with Crippen LogP contribution in [0.15, 0.2) is 42.5 Å². The van der Waals surface area contributed by atoms with Gasteiger partial charge in [-0.25, -0.2) is 8.78 Å². The third-order valence-electron chi connectivity index (χ3n) is 3.97. The summed E-state index contributed by atoms with van der Waals surface area (Å²) in [5.74, 6) is -2.06. The molecule has 108 valence electrons. The fraction of sp³-hybridized carbons (Fsp3) is 0.235. The van der Waals surface area contributed by atoms with Crippen LogP contribution in [-0.4, -0.2) is 5.91 Å². The van der Waals surface area contributed by atoms with E-state index in [4.69, 9.17) is 0 Å². The molecule has 0 radical (unpaired) electrons. The van der Waals surface area contributed by atoms with Gasteiger partial charge in [0.25, 0.3) is 0 Å². The molecule has 0 aromatic heterocycles. The van der Waals surface area contributed by atoms with Crippen molar-refractivity contribution in [2.75, 3.05) is 5.32 Å². The number of anilines is 1. The second kappa shape index (κ2) is 4.95. The summed E-state index contributed by atoms with van der Waals surface area (Å²) in [4.78, 5) is 12.5. The van der Waals surface area contributed by atoms with E-state index in [0.29, 0.717) is 0 Å². The van der Waals surface area contributed by atoms with Crippen molar-refractivity contribution in [2.45, 2.75) is 25.2 Å². The SMILES string of the molecule is Cc1ccc(C2(C(=O)Nc3ccc(F)c(F)c3)CC2)cc1. The van der Waals surface area contributed by atoms with E-state index < -0.39 is 17.0 Å². The first kappa shape index (κ1) is 13.7. The summed E-state index contributed by atoms with van der Waals surface area (Å²) in [6, 6.07) is 11.2. The average Bonchev–Trinajstić information content (AvgIpc) is 3.25. The topological polar surface area (TPSA) is 29.1 Å². The molecule has 0 saturated heterocycles. The van der Waals surface area contributed by atoms with Crippen molar-refractivity contribution in [3.63, 3.8) is 0 Å². The molecule has 1 aliphatic carbocycles. The summed E-state index contributed by atoms with van der Waals surface area (Å²) in [6.07, 6.45) is 1.54. The Morgan fingerprint density at radius 1 is 1.05 bits per heavy atom. The van der Waals surface area contributed by atoms with Gasteiger partial charge in [-0.1, -0.05) is 29.8 Å². The molecule has 0 aliphatic heterocycles. The molecular formula is C17H15F2NO. The number of rotatable bonds is 3. The van der Waals surface area contributed by atoms with E-state index in [0.717, 1.165) is 36.1 Å². The van der Waals surface area contributed by atoms with Gasteiger partial charge in [0.1, 0.15) is 0 Å². The lowest BCUT2D eigenvalue weighted by Gasteiger charge is -2.16. The summed E-state index contributed by atoms with van der Waals surface area (Å²) in [6.45, 7) is 1.99. The van der Waals surface area contributed by atoms with Crippen molar-refractivity contribution < 1.29 is 13.6 Å². The molecule has 0 spiro atoms. The van der Waals surface area contributed by atoms with E-state index in [1.165, 1.54) is 6.07 Å². The Balaban J connectivity index is 1.81. The fourth-order valence-electron chi connectivity index (χ4n) is 2.47. The van der Waals surface area contributed by atoms with Crippen molar-refractivity contribution >= 4 is 11.6 Å². The number of aryl methyl sites for hydroxylation is 1. The van der Waals surface area contributed by atoms with E-state index in [9.17, 15) is 13.6 Å².